The largest absolute Gasteiger partial charge is 0.297 e. The molecule has 0 saturated carbocycles. The van der Waals surface area contributed by atoms with Crippen molar-refractivity contribution in [3.63, 3.8) is 0 Å². The van der Waals surface area contributed by atoms with E-state index in [2.05, 4.69) is 15.1 Å². The minimum absolute atomic E-state index is 0.00102. The molecule has 0 spiro atoms. The van der Waals surface area contributed by atoms with Gasteiger partial charge in [-0.15, -0.1) is 0 Å². The lowest BCUT2D eigenvalue weighted by atomic mass is 10.4. The third-order valence-corrected chi connectivity index (χ3v) is 1.71. The van der Waals surface area contributed by atoms with Crippen LogP contribution in [0.1, 0.15) is 5.82 Å². The summed E-state index contributed by atoms with van der Waals surface area (Å²) in [5, 5.41) is 12.8. The van der Waals surface area contributed by atoms with Crippen molar-refractivity contribution < 1.29 is 0 Å². The second-order valence-electron chi connectivity index (χ2n) is 2.53. The van der Waals surface area contributed by atoms with Crippen molar-refractivity contribution in [3.8, 4) is 6.07 Å². The number of H-pyrrole nitrogens is 1. The highest BCUT2D eigenvalue weighted by atomic mass is 16.1. The Hall–Kier alpha value is -2.16. The standard InChI is InChI=1S/C7H5N5O/c1-12-6-4(3-9-12)7(13)11-5(2-8)10-6/h3H,1H3,(H,10,11,13). The highest BCUT2D eigenvalue weighted by molar-refractivity contribution is 5.73. The minimum atomic E-state index is -0.338. The van der Waals surface area contributed by atoms with Gasteiger partial charge in [-0.05, 0) is 0 Å². The molecule has 0 aromatic carbocycles. The van der Waals surface area contributed by atoms with Gasteiger partial charge in [0.2, 0.25) is 5.82 Å². The molecule has 2 aromatic heterocycles. The molecular weight excluding hydrogens is 170 g/mol. The highest BCUT2D eigenvalue weighted by Crippen LogP contribution is 2.02. The van der Waals surface area contributed by atoms with Crippen LogP contribution in [0.2, 0.25) is 0 Å². The normalized spacial score (nSPS) is 10.2. The number of aromatic nitrogens is 4. The molecule has 0 unspecified atom stereocenters. The number of nitriles is 1. The zero-order chi connectivity index (χ0) is 9.42. The minimum Gasteiger partial charge on any atom is -0.297 e. The fourth-order valence-electron chi connectivity index (χ4n) is 1.09. The molecule has 0 bridgehead atoms. The maximum absolute atomic E-state index is 11.3. The van der Waals surface area contributed by atoms with Crippen LogP contribution >= 0.6 is 0 Å². The first kappa shape index (κ1) is 7.49. The Morgan fingerprint density at radius 3 is 3.15 bits per heavy atom. The molecule has 0 aliphatic rings. The van der Waals surface area contributed by atoms with Crippen molar-refractivity contribution in [2.75, 3.05) is 0 Å². The maximum Gasteiger partial charge on any atom is 0.262 e. The third kappa shape index (κ3) is 0.980. The van der Waals surface area contributed by atoms with E-state index in [4.69, 9.17) is 5.26 Å². The summed E-state index contributed by atoms with van der Waals surface area (Å²) in [5.41, 5.74) is 0.0787. The zero-order valence-corrected chi connectivity index (χ0v) is 6.77. The second kappa shape index (κ2) is 2.42. The van der Waals surface area contributed by atoms with Gasteiger partial charge in [0.25, 0.3) is 5.56 Å². The van der Waals surface area contributed by atoms with Crippen LogP contribution in [0.15, 0.2) is 11.0 Å². The molecule has 0 aliphatic heterocycles. The zero-order valence-electron chi connectivity index (χ0n) is 6.77. The average molecular weight is 175 g/mol. The molecule has 2 aromatic rings. The van der Waals surface area contributed by atoms with Gasteiger partial charge in [0.1, 0.15) is 11.5 Å². The summed E-state index contributed by atoms with van der Waals surface area (Å²) < 4.78 is 1.45. The summed E-state index contributed by atoms with van der Waals surface area (Å²) in [6.45, 7) is 0. The summed E-state index contributed by atoms with van der Waals surface area (Å²) in [6, 6.07) is 1.77. The smallest absolute Gasteiger partial charge is 0.262 e. The van der Waals surface area contributed by atoms with Crippen LogP contribution in [-0.4, -0.2) is 19.7 Å². The number of nitrogens with one attached hydrogen (secondary N) is 1. The van der Waals surface area contributed by atoms with Crippen molar-refractivity contribution in [2.24, 2.45) is 7.05 Å². The lowest BCUT2D eigenvalue weighted by Crippen LogP contribution is -2.10. The molecule has 0 atom stereocenters. The van der Waals surface area contributed by atoms with E-state index in [1.807, 2.05) is 0 Å². The Kier molecular flexibility index (Phi) is 1.39. The second-order valence-corrected chi connectivity index (χ2v) is 2.53. The van der Waals surface area contributed by atoms with Crippen LogP contribution in [0.3, 0.4) is 0 Å². The van der Waals surface area contributed by atoms with Gasteiger partial charge in [-0.25, -0.2) is 4.98 Å². The first-order chi connectivity index (χ1) is 6.22. The number of hydrogen-bond donors (Lipinski definition) is 1. The third-order valence-electron chi connectivity index (χ3n) is 1.71. The fourth-order valence-corrected chi connectivity index (χ4v) is 1.09. The Balaban J connectivity index is 2.98. The Morgan fingerprint density at radius 1 is 1.69 bits per heavy atom. The van der Waals surface area contributed by atoms with Crippen LogP contribution in [0.25, 0.3) is 11.0 Å². The monoisotopic (exact) mass is 175 g/mol. The molecule has 0 amide bonds. The van der Waals surface area contributed by atoms with Gasteiger partial charge in [-0.2, -0.15) is 10.4 Å². The molecule has 0 radical (unpaired) electrons. The van der Waals surface area contributed by atoms with E-state index < -0.39 is 0 Å². The van der Waals surface area contributed by atoms with E-state index in [-0.39, 0.29) is 11.4 Å². The van der Waals surface area contributed by atoms with Crippen LogP contribution in [0, 0.1) is 11.3 Å². The van der Waals surface area contributed by atoms with Crippen LogP contribution < -0.4 is 5.56 Å². The molecule has 13 heavy (non-hydrogen) atoms. The number of aryl methyl sites for hydroxylation is 1. The first-order valence-electron chi connectivity index (χ1n) is 3.54. The molecule has 0 fully saturated rings. The predicted octanol–water partition coefficient (Wildman–Crippen LogP) is -0.472. The topological polar surface area (TPSA) is 87.4 Å². The molecule has 0 saturated heterocycles. The lowest BCUT2D eigenvalue weighted by Gasteiger charge is -1.92. The Labute approximate surface area is 72.4 Å². The summed E-state index contributed by atoms with van der Waals surface area (Å²) in [5.74, 6) is 0.00102. The van der Waals surface area contributed by atoms with Gasteiger partial charge >= 0.3 is 0 Å². The molecule has 2 rings (SSSR count). The molecule has 6 heteroatoms. The van der Waals surface area contributed by atoms with Crippen molar-refractivity contribution in [1.82, 2.24) is 19.7 Å². The molecule has 1 N–H and O–H groups in total. The average Bonchev–Trinajstić information content (AvgIpc) is 2.48. The van der Waals surface area contributed by atoms with E-state index in [1.165, 1.54) is 10.9 Å². The predicted molar refractivity (Wildman–Crippen MR) is 43.8 cm³/mol. The van der Waals surface area contributed by atoms with E-state index >= 15 is 0 Å². The molecule has 2 heterocycles. The van der Waals surface area contributed by atoms with Crippen LogP contribution in [-0.2, 0) is 7.05 Å². The SMILES string of the molecule is Cn1ncc2c(=O)[nH]c(C#N)nc21. The summed E-state index contributed by atoms with van der Waals surface area (Å²) in [7, 11) is 1.66. The quantitative estimate of drug-likeness (QED) is 0.586. The summed E-state index contributed by atoms with van der Waals surface area (Å²) in [6.07, 6.45) is 1.42. The first-order valence-corrected chi connectivity index (χ1v) is 3.54. The number of hydrogen-bond acceptors (Lipinski definition) is 4. The van der Waals surface area contributed by atoms with Gasteiger partial charge in [0, 0.05) is 7.05 Å². The molecule has 0 aliphatic carbocycles. The Bertz CT molecular complexity index is 558. The fraction of sp³-hybridized carbons (Fsp3) is 0.143. The molecule has 64 valence electrons. The van der Waals surface area contributed by atoms with Crippen molar-refractivity contribution in [3.05, 3.63) is 22.4 Å². The maximum atomic E-state index is 11.3. The summed E-state index contributed by atoms with van der Waals surface area (Å²) >= 11 is 0. The molecule has 6 nitrogen and oxygen atoms in total. The molecular formula is C7H5N5O. The van der Waals surface area contributed by atoms with E-state index in [9.17, 15) is 4.79 Å². The summed E-state index contributed by atoms with van der Waals surface area (Å²) in [4.78, 5) is 17.5. The number of rotatable bonds is 0. The van der Waals surface area contributed by atoms with Gasteiger partial charge in [0.15, 0.2) is 5.65 Å². The van der Waals surface area contributed by atoms with Crippen LogP contribution in [0.5, 0.6) is 0 Å². The number of fused-ring (bicyclic) bond motifs is 1. The van der Waals surface area contributed by atoms with E-state index in [0.29, 0.717) is 11.0 Å². The van der Waals surface area contributed by atoms with Gasteiger partial charge in [0.05, 0.1) is 6.20 Å². The van der Waals surface area contributed by atoms with Crippen molar-refractivity contribution >= 4 is 11.0 Å². The van der Waals surface area contributed by atoms with Crippen molar-refractivity contribution in [1.29, 1.82) is 5.26 Å². The van der Waals surface area contributed by atoms with Gasteiger partial charge < -0.3 is 0 Å². The highest BCUT2D eigenvalue weighted by Gasteiger charge is 2.06. The van der Waals surface area contributed by atoms with Crippen molar-refractivity contribution in [2.45, 2.75) is 0 Å². The van der Waals surface area contributed by atoms with Crippen LogP contribution in [0.4, 0.5) is 0 Å². The number of aromatic amines is 1. The number of nitrogens with zero attached hydrogens (tertiary/aromatic N) is 4. The van der Waals surface area contributed by atoms with Gasteiger partial charge in [-0.3, -0.25) is 14.5 Å². The van der Waals surface area contributed by atoms with E-state index in [1.54, 1.807) is 13.1 Å². The Morgan fingerprint density at radius 2 is 2.46 bits per heavy atom. The lowest BCUT2D eigenvalue weighted by molar-refractivity contribution is 0.784. The van der Waals surface area contributed by atoms with Gasteiger partial charge in [-0.1, -0.05) is 0 Å². The van der Waals surface area contributed by atoms with E-state index in [0.717, 1.165) is 0 Å².